The van der Waals surface area contributed by atoms with Crippen molar-refractivity contribution in [1.29, 1.82) is 0 Å². The van der Waals surface area contributed by atoms with Gasteiger partial charge in [0.15, 0.2) is 10.8 Å². The van der Waals surface area contributed by atoms with Crippen LogP contribution < -0.4 is 0 Å². The number of carbonyl (C=O) groups is 1. The van der Waals surface area contributed by atoms with E-state index in [1.54, 1.807) is 0 Å². The number of carbonyl (C=O) groups excluding carboxylic acids is 1. The fourth-order valence-electron chi connectivity index (χ4n) is 2.71. The molecule has 1 aromatic carbocycles. The number of benzene rings is 1. The van der Waals surface area contributed by atoms with Crippen LogP contribution in [-0.2, 0) is 9.53 Å². The molecule has 2 aromatic heterocycles. The van der Waals surface area contributed by atoms with Gasteiger partial charge in [-0.25, -0.2) is 0 Å². The second-order valence-corrected chi connectivity index (χ2v) is 6.30. The van der Waals surface area contributed by atoms with Gasteiger partial charge in [0.1, 0.15) is 0 Å². The zero-order valence-corrected chi connectivity index (χ0v) is 13.8. The van der Waals surface area contributed by atoms with E-state index in [9.17, 15) is 4.79 Å². The van der Waals surface area contributed by atoms with Gasteiger partial charge in [0.2, 0.25) is 0 Å². The largest absolute Gasteiger partial charge is 0.468 e. The third kappa shape index (κ3) is 2.43. The van der Waals surface area contributed by atoms with Crippen molar-refractivity contribution < 1.29 is 9.53 Å². The van der Waals surface area contributed by atoms with E-state index in [1.165, 1.54) is 30.0 Å². The van der Waals surface area contributed by atoms with Crippen LogP contribution >= 0.6 is 11.8 Å². The summed E-state index contributed by atoms with van der Waals surface area (Å²) in [5.74, 6) is -0.0521. The minimum Gasteiger partial charge on any atom is -0.468 e. The average Bonchev–Trinajstić information content (AvgIpc) is 2.88. The zero-order chi connectivity index (χ0) is 15.9. The van der Waals surface area contributed by atoms with Gasteiger partial charge >= 0.3 is 5.97 Å². The second-order valence-electron chi connectivity index (χ2n) is 5.35. The van der Waals surface area contributed by atoms with Gasteiger partial charge in [0, 0.05) is 0 Å². The first-order valence-corrected chi connectivity index (χ1v) is 7.95. The number of hydrogen-bond acceptors (Lipinski definition) is 5. The Morgan fingerprint density at radius 1 is 1.18 bits per heavy atom. The van der Waals surface area contributed by atoms with Gasteiger partial charge in [-0.1, -0.05) is 23.4 Å². The lowest BCUT2D eigenvalue weighted by molar-refractivity contribution is -0.137. The highest BCUT2D eigenvalue weighted by Crippen LogP contribution is 2.28. The number of fused-ring (bicyclic) bond motifs is 3. The normalized spacial score (nSPS) is 11.3. The Hall–Kier alpha value is -2.08. The first-order chi connectivity index (χ1) is 10.5. The molecule has 0 spiro atoms. The van der Waals surface area contributed by atoms with E-state index in [0.717, 1.165) is 22.1 Å². The molecule has 22 heavy (non-hydrogen) atoms. The Balaban J connectivity index is 2.25. The maximum Gasteiger partial charge on any atom is 0.316 e. The van der Waals surface area contributed by atoms with Crippen molar-refractivity contribution in [3.8, 4) is 0 Å². The predicted molar refractivity (Wildman–Crippen MR) is 87.4 cm³/mol. The van der Waals surface area contributed by atoms with Gasteiger partial charge in [-0.3, -0.25) is 9.20 Å². The maximum absolute atomic E-state index is 11.4. The van der Waals surface area contributed by atoms with E-state index in [2.05, 4.69) is 42.2 Å². The van der Waals surface area contributed by atoms with Crippen LogP contribution in [0.25, 0.3) is 16.6 Å². The zero-order valence-electron chi connectivity index (χ0n) is 13.0. The lowest BCUT2D eigenvalue weighted by atomic mass is 10.1. The molecule has 0 N–H and O–H groups in total. The van der Waals surface area contributed by atoms with Gasteiger partial charge in [-0.15, -0.1) is 10.2 Å². The summed E-state index contributed by atoms with van der Waals surface area (Å²) in [6.45, 7) is 6.19. The van der Waals surface area contributed by atoms with Gasteiger partial charge < -0.3 is 4.74 Å². The Morgan fingerprint density at radius 3 is 2.68 bits per heavy atom. The van der Waals surface area contributed by atoms with E-state index in [1.807, 2.05) is 11.3 Å². The maximum atomic E-state index is 11.4. The van der Waals surface area contributed by atoms with Gasteiger partial charge in [0.05, 0.1) is 18.4 Å². The number of rotatable bonds is 3. The number of aromatic nitrogens is 3. The van der Waals surface area contributed by atoms with E-state index < -0.39 is 0 Å². The van der Waals surface area contributed by atoms with Crippen molar-refractivity contribution in [2.75, 3.05) is 12.9 Å². The Labute approximate surface area is 132 Å². The molecule has 0 amide bonds. The Kier molecular flexibility index (Phi) is 3.78. The van der Waals surface area contributed by atoms with Crippen molar-refractivity contribution in [2.45, 2.75) is 25.9 Å². The highest BCUT2D eigenvalue weighted by atomic mass is 32.2. The number of esters is 1. The molecule has 6 heteroatoms. The second kappa shape index (κ2) is 5.61. The van der Waals surface area contributed by atoms with Crippen molar-refractivity contribution in [3.63, 3.8) is 0 Å². The Bertz CT molecular complexity index is 886. The van der Waals surface area contributed by atoms with Gasteiger partial charge in [0.25, 0.3) is 0 Å². The molecule has 0 aliphatic heterocycles. The molecule has 0 aliphatic rings. The standard InChI is InChI=1S/C16H17N3O2S/c1-9-5-10(2)14-12(6-9)7-11(3)15-17-18-16(19(14)15)22-8-13(20)21-4/h5-7H,8H2,1-4H3. The number of nitrogens with zero attached hydrogens (tertiary/aromatic N) is 3. The molecular formula is C16H17N3O2S. The molecule has 0 saturated carbocycles. The lowest BCUT2D eigenvalue weighted by Crippen LogP contribution is -2.04. The topological polar surface area (TPSA) is 56.5 Å². The van der Waals surface area contributed by atoms with Crippen molar-refractivity contribution in [1.82, 2.24) is 14.6 Å². The van der Waals surface area contributed by atoms with Gasteiger partial charge in [-0.05, 0) is 49.4 Å². The monoisotopic (exact) mass is 315 g/mol. The molecule has 3 aromatic rings. The number of methoxy groups -OCH3 is 1. The smallest absolute Gasteiger partial charge is 0.316 e. The molecule has 5 nitrogen and oxygen atoms in total. The summed E-state index contributed by atoms with van der Waals surface area (Å²) in [5.41, 5.74) is 5.37. The first kappa shape index (κ1) is 14.8. The fraction of sp³-hybridized carbons (Fsp3) is 0.312. The molecule has 0 fully saturated rings. The van der Waals surface area contributed by atoms with Crippen LogP contribution in [0.5, 0.6) is 0 Å². The van der Waals surface area contributed by atoms with E-state index in [4.69, 9.17) is 4.74 Å². The summed E-state index contributed by atoms with van der Waals surface area (Å²) in [6.07, 6.45) is 0. The molecule has 0 bridgehead atoms. The van der Waals surface area contributed by atoms with Crippen molar-refractivity contribution in [2.24, 2.45) is 0 Å². The predicted octanol–water partition coefficient (Wildman–Crippen LogP) is 3.07. The van der Waals surface area contributed by atoms with E-state index in [-0.39, 0.29) is 11.7 Å². The molecule has 0 atom stereocenters. The minimum absolute atomic E-state index is 0.220. The molecule has 2 heterocycles. The molecule has 114 valence electrons. The molecule has 0 unspecified atom stereocenters. The highest BCUT2D eigenvalue weighted by molar-refractivity contribution is 7.99. The number of ether oxygens (including phenoxy) is 1. The molecular weight excluding hydrogens is 298 g/mol. The summed E-state index contributed by atoms with van der Waals surface area (Å²) < 4.78 is 6.73. The molecule has 0 radical (unpaired) electrons. The lowest BCUT2D eigenvalue weighted by Gasteiger charge is -2.10. The summed E-state index contributed by atoms with van der Waals surface area (Å²) in [6, 6.07) is 6.43. The molecule has 0 aliphatic carbocycles. The van der Waals surface area contributed by atoms with Crippen LogP contribution in [0.1, 0.15) is 16.7 Å². The van der Waals surface area contributed by atoms with Gasteiger partial charge in [-0.2, -0.15) is 0 Å². The minimum atomic E-state index is -0.272. The third-order valence-corrected chi connectivity index (χ3v) is 4.51. The quantitative estimate of drug-likeness (QED) is 0.549. The SMILES string of the molecule is COC(=O)CSc1nnc2c(C)cc3cc(C)cc(C)c3n12. The van der Waals surface area contributed by atoms with Crippen LogP contribution in [0.4, 0.5) is 0 Å². The van der Waals surface area contributed by atoms with Crippen LogP contribution in [0.3, 0.4) is 0 Å². The van der Waals surface area contributed by atoms with Crippen LogP contribution in [0.15, 0.2) is 23.4 Å². The van der Waals surface area contributed by atoms with E-state index >= 15 is 0 Å². The number of aryl methyl sites for hydroxylation is 3. The number of hydrogen-bond donors (Lipinski definition) is 0. The van der Waals surface area contributed by atoms with E-state index in [0.29, 0.717) is 5.16 Å². The van der Waals surface area contributed by atoms with Crippen molar-refractivity contribution in [3.05, 3.63) is 34.9 Å². The van der Waals surface area contributed by atoms with Crippen LogP contribution in [0.2, 0.25) is 0 Å². The molecule has 0 saturated heterocycles. The highest BCUT2D eigenvalue weighted by Gasteiger charge is 2.15. The van der Waals surface area contributed by atoms with Crippen LogP contribution in [0, 0.1) is 20.8 Å². The van der Waals surface area contributed by atoms with Crippen molar-refractivity contribution >= 4 is 34.3 Å². The first-order valence-electron chi connectivity index (χ1n) is 6.96. The Morgan fingerprint density at radius 2 is 1.95 bits per heavy atom. The average molecular weight is 315 g/mol. The third-order valence-electron chi connectivity index (χ3n) is 3.60. The number of thioether (sulfide) groups is 1. The fourth-order valence-corrected chi connectivity index (χ4v) is 3.48. The summed E-state index contributed by atoms with van der Waals surface area (Å²) in [5, 5.41) is 10.4. The number of pyridine rings is 1. The summed E-state index contributed by atoms with van der Waals surface area (Å²) in [7, 11) is 1.39. The molecule has 3 rings (SSSR count). The van der Waals surface area contributed by atoms with Crippen LogP contribution in [-0.4, -0.2) is 33.4 Å². The summed E-state index contributed by atoms with van der Waals surface area (Å²) >= 11 is 1.34. The summed E-state index contributed by atoms with van der Waals surface area (Å²) in [4.78, 5) is 11.4.